The third-order valence-electron chi connectivity index (χ3n) is 0.480. The average Bonchev–Trinajstić information content (AvgIpc) is 1.61. The Labute approximate surface area is 65.5 Å². The maximum absolute atomic E-state index is 5.25. The number of quaternary nitrogens is 1. The third kappa shape index (κ3) is 9.76. The van der Waals surface area contributed by atoms with Crippen LogP contribution in [0, 0.1) is 0 Å². The summed E-state index contributed by atoms with van der Waals surface area (Å²) in [6.07, 6.45) is 1.67. The summed E-state index contributed by atoms with van der Waals surface area (Å²) in [6, 6.07) is 0. The van der Waals surface area contributed by atoms with Gasteiger partial charge in [0.2, 0.25) is 0 Å². The van der Waals surface area contributed by atoms with Crippen molar-refractivity contribution in [3.8, 4) is 0 Å². The Morgan fingerprint density at radius 2 is 2.12 bits per heavy atom. The molecule has 50 valence electrons. The largest absolute Gasteiger partial charge is 1.00 e. The van der Waals surface area contributed by atoms with E-state index < -0.39 is 0 Å². The lowest BCUT2D eigenvalue weighted by atomic mass is 10.7. The number of nitrogens with two attached hydrogens (primary N) is 1. The average molecular weight is 176 g/mol. The first-order valence-corrected chi connectivity index (χ1v) is 2.87. The van der Waals surface area contributed by atoms with Crippen molar-refractivity contribution in [1.82, 2.24) is 0 Å². The third-order valence-corrected chi connectivity index (χ3v) is 0.732. The van der Waals surface area contributed by atoms with Crippen molar-refractivity contribution in [2.75, 3.05) is 6.54 Å². The van der Waals surface area contributed by atoms with Gasteiger partial charge in [-0.2, -0.15) is 0 Å². The highest BCUT2D eigenvalue weighted by molar-refractivity contribution is 6.55. The number of hydrogen-bond acceptors (Lipinski definition) is 0. The van der Waals surface area contributed by atoms with Crippen LogP contribution >= 0.6 is 23.2 Å². The van der Waals surface area contributed by atoms with Crippen LogP contribution < -0.4 is 17.7 Å². The molecule has 0 aliphatic rings. The van der Waals surface area contributed by atoms with E-state index in [-0.39, 0.29) is 12.4 Å². The van der Waals surface area contributed by atoms with Crippen molar-refractivity contribution >= 4 is 23.2 Å². The van der Waals surface area contributed by atoms with Gasteiger partial charge in [-0.15, -0.1) is 0 Å². The lowest BCUT2D eigenvalue weighted by Crippen LogP contribution is -3.00. The van der Waals surface area contributed by atoms with E-state index in [0.717, 1.165) is 6.54 Å². The molecule has 2 N–H and O–H groups in total. The number of rotatable bonds is 2. The van der Waals surface area contributed by atoms with Gasteiger partial charge in [0, 0.05) is 0 Å². The van der Waals surface area contributed by atoms with Gasteiger partial charge in [-0.25, -0.2) is 0 Å². The van der Waals surface area contributed by atoms with Gasteiger partial charge in [-0.3, -0.25) is 0 Å². The molecule has 4 heteroatoms. The van der Waals surface area contributed by atoms with Crippen molar-refractivity contribution in [1.29, 1.82) is 0 Å². The molecule has 0 heterocycles. The molecule has 0 radical (unpaired) electrons. The molecule has 0 aromatic rings. The van der Waals surface area contributed by atoms with E-state index in [1.165, 1.54) is 0 Å². The summed E-state index contributed by atoms with van der Waals surface area (Å²) < 4.78 is 0.321. The van der Waals surface area contributed by atoms with E-state index in [2.05, 4.69) is 0 Å². The van der Waals surface area contributed by atoms with Crippen LogP contribution in [-0.2, 0) is 0 Å². The first-order chi connectivity index (χ1) is 3.27. The Kier molecular flexibility index (Phi) is 10.8. The van der Waals surface area contributed by atoms with Crippen molar-refractivity contribution in [2.24, 2.45) is 0 Å². The molecule has 0 aliphatic heterocycles. The standard InChI is InChI=1S/C4H7Cl2N.ClH/c1-2-7-3-4(5)6;/h3,7H,2H2,1H3;1H. The zero-order valence-corrected chi connectivity index (χ0v) is 6.76. The lowest BCUT2D eigenvalue weighted by molar-refractivity contribution is -0.584. The van der Waals surface area contributed by atoms with Gasteiger partial charge >= 0.3 is 0 Å². The molecular weight excluding hydrogens is 168 g/mol. The summed E-state index contributed by atoms with van der Waals surface area (Å²) >= 11 is 10.5. The van der Waals surface area contributed by atoms with Crippen LogP contribution in [0.2, 0.25) is 0 Å². The minimum absolute atomic E-state index is 0. The molecule has 1 nitrogen and oxygen atoms in total. The normalized spacial score (nSPS) is 7.38. The molecule has 0 bridgehead atoms. The summed E-state index contributed by atoms with van der Waals surface area (Å²) in [4.78, 5) is 0. The highest BCUT2D eigenvalue weighted by Gasteiger charge is 1.80. The van der Waals surface area contributed by atoms with E-state index in [1.807, 2.05) is 12.2 Å². The Morgan fingerprint density at radius 1 is 1.62 bits per heavy atom. The van der Waals surface area contributed by atoms with E-state index >= 15 is 0 Å². The fraction of sp³-hybridized carbons (Fsp3) is 0.500. The lowest BCUT2D eigenvalue weighted by Gasteiger charge is -1.81. The van der Waals surface area contributed by atoms with E-state index in [1.54, 1.807) is 6.20 Å². The van der Waals surface area contributed by atoms with Gasteiger partial charge in [-0.05, 0) is 6.92 Å². The molecule has 0 amide bonds. The van der Waals surface area contributed by atoms with Crippen LogP contribution in [0.15, 0.2) is 10.7 Å². The minimum Gasteiger partial charge on any atom is -1.00 e. The molecule has 0 fully saturated rings. The number of halogens is 3. The van der Waals surface area contributed by atoms with Crippen molar-refractivity contribution in [2.45, 2.75) is 6.92 Å². The van der Waals surface area contributed by atoms with E-state index in [9.17, 15) is 0 Å². The molecule has 0 saturated carbocycles. The summed E-state index contributed by atoms with van der Waals surface area (Å²) in [6.45, 7) is 3.00. The zero-order valence-electron chi connectivity index (χ0n) is 4.50. The molecule has 0 atom stereocenters. The number of hydrogen-bond donors (Lipinski definition) is 1. The molecular formula is C4H8Cl3N. The van der Waals surface area contributed by atoms with Crippen LogP contribution in [-0.4, -0.2) is 6.54 Å². The molecule has 0 aromatic carbocycles. The van der Waals surface area contributed by atoms with Gasteiger partial charge in [0.15, 0.2) is 4.49 Å². The quantitative estimate of drug-likeness (QED) is 0.494. The zero-order chi connectivity index (χ0) is 5.70. The van der Waals surface area contributed by atoms with Crippen molar-refractivity contribution < 1.29 is 17.7 Å². The second-order valence-electron chi connectivity index (χ2n) is 1.10. The fourth-order valence-electron chi connectivity index (χ4n) is 0.207. The van der Waals surface area contributed by atoms with Crippen LogP contribution in [0.25, 0.3) is 0 Å². The summed E-state index contributed by atoms with van der Waals surface area (Å²) in [5.74, 6) is 0. The van der Waals surface area contributed by atoms with E-state index in [4.69, 9.17) is 23.2 Å². The van der Waals surface area contributed by atoms with Gasteiger partial charge in [0.1, 0.15) is 6.20 Å². The maximum Gasteiger partial charge on any atom is 0.159 e. The van der Waals surface area contributed by atoms with E-state index in [0.29, 0.717) is 4.49 Å². The molecule has 0 aromatic heterocycles. The highest BCUT2D eigenvalue weighted by atomic mass is 35.5. The molecule has 0 aliphatic carbocycles. The molecule has 0 saturated heterocycles. The summed E-state index contributed by atoms with van der Waals surface area (Å²) in [5.41, 5.74) is 0. The monoisotopic (exact) mass is 175 g/mol. The second kappa shape index (κ2) is 7.57. The van der Waals surface area contributed by atoms with Crippen LogP contribution in [0.1, 0.15) is 6.92 Å². The maximum atomic E-state index is 5.25. The van der Waals surface area contributed by atoms with Gasteiger partial charge < -0.3 is 17.7 Å². The SMILES string of the molecule is CC[NH2+]C=C(Cl)Cl.[Cl-]. The Balaban J connectivity index is 0. The first-order valence-electron chi connectivity index (χ1n) is 2.12. The van der Waals surface area contributed by atoms with Crippen molar-refractivity contribution in [3.63, 3.8) is 0 Å². The van der Waals surface area contributed by atoms with Crippen molar-refractivity contribution in [3.05, 3.63) is 10.7 Å². The second-order valence-corrected chi connectivity index (χ2v) is 2.11. The fourth-order valence-corrected chi connectivity index (χ4v) is 0.385. The predicted octanol–water partition coefficient (Wildman–Crippen LogP) is -2.15. The van der Waals surface area contributed by atoms with Gasteiger partial charge in [0.05, 0.1) is 6.54 Å². The topological polar surface area (TPSA) is 16.6 Å². The Morgan fingerprint density at radius 3 is 2.25 bits per heavy atom. The smallest absolute Gasteiger partial charge is 0.159 e. The van der Waals surface area contributed by atoms with Crippen LogP contribution in [0.3, 0.4) is 0 Å². The first kappa shape index (κ1) is 11.4. The molecule has 0 spiro atoms. The van der Waals surface area contributed by atoms with Crippen LogP contribution in [0.5, 0.6) is 0 Å². The van der Waals surface area contributed by atoms with Gasteiger partial charge in [0.25, 0.3) is 0 Å². The molecule has 8 heavy (non-hydrogen) atoms. The minimum atomic E-state index is 0. The predicted molar refractivity (Wildman–Crippen MR) is 32.3 cm³/mol. The summed E-state index contributed by atoms with van der Waals surface area (Å²) in [7, 11) is 0. The Bertz CT molecular complexity index is 67.7. The molecule has 0 unspecified atom stereocenters. The summed E-state index contributed by atoms with van der Waals surface area (Å²) in [5, 5.41) is 1.90. The Hall–Kier alpha value is 0.570. The van der Waals surface area contributed by atoms with Gasteiger partial charge in [-0.1, -0.05) is 23.2 Å². The molecule has 0 rings (SSSR count). The highest BCUT2D eigenvalue weighted by Crippen LogP contribution is 2.00. The van der Waals surface area contributed by atoms with Crippen LogP contribution in [0.4, 0.5) is 0 Å².